The fourth-order valence-corrected chi connectivity index (χ4v) is 3.16. The summed E-state index contributed by atoms with van der Waals surface area (Å²) >= 11 is 0. The van der Waals surface area contributed by atoms with Gasteiger partial charge in [0.05, 0.1) is 0 Å². The fraction of sp³-hybridized carbons (Fsp3) is 1.00. The second-order valence-electron chi connectivity index (χ2n) is 8.21. The smallest absolute Gasteiger partial charge is 0.0110 e. The summed E-state index contributed by atoms with van der Waals surface area (Å²) in [5.74, 6) is 1.79. The van der Waals surface area contributed by atoms with Crippen LogP contribution in [0.15, 0.2) is 0 Å². The summed E-state index contributed by atoms with van der Waals surface area (Å²) in [6, 6.07) is 0. The van der Waals surface area contributed by atoms with E-state index in [0.29, 0.717) is 5.41 Å². The Morgan fingerprint density at radius 1 is 1.05 bits per heavy atom. The van der Waals surface area contributed by atoms with Crippen molar-refractivity contribution in [1.29, 1.82) is 0 Å². The van der Waals surface area contributed by atoms with E-state index < -0.39 is 0 Å². The van der Waals surface area contributed by atoms with Gasteiger partial charge in [-0.05, 0) is 36.6 Å². The molecule has 3 nitrogen and oxygen atoms in total. The number of nitrogens with one attached hydrogen (secondary N) is 1. The van der Waals surface area contributed by atoms with E-state index >= 15 is 0 Å². The highest BCUT2D eigenvalue weighted by atomic mass is 15.3. The number of rotatable bonds is 8. The van der Waals surface area contributed by atoms with Gasteiger partial charge in [0.1, 0.15) is 0 Å². The van der Waals surface area contributed by atoms with E-state index in [-0.39, 0.29) is 0 Å². The molecule has 2 aliphatic rings. The normalized spacial score (nSPS) is 22.6. The maximum atomic E-state index is 3.62. The molecule has 0 bridgehead atoms. The first-order chi connectivity index (χ1) is 9.44. The van der Waals surface area contributed by atoms with Crippen LogP contribution in [0.5, 0.6) is 0 Å². The summed E-state index contributed by atoms with van der Waals surface area (Å²) in [6.07, 6.45) is 2.96. The molecule has 2 rings (SSSR count). The number of hydrogen-bond donors (Lipinski definition) is 1. The van der Waals surface area contributed by atoms with Gasteiger partial charge in [0.2, 0.25) is 0 Å². The first-order valence-electron chi connectivity index (χ1n) is 8.60. The molecule has 0 aromatic carbocycles. The highest BCUT2D eigenvalue weighted by Crippen LogP contribution is 2.30. The maximum Gasteiger partial charge on any atom is 0.0110 e. The molecule has 20 heavy (non-hydrogen) atoms. The van der Waals surface area contributed by atoms with E-state index in [1.54, 1.807) is 0 Å². The Morgan fingerprint density at radius 2 is 1.65 bits per heavy atom. The van der Waals surface area contributed by atoms with E-state index in [2.05, 4.69) is 42.8 Å². The second-order valence-corrected chi connectivity index (χ2v) is 8.21. The Balaban J connectivity index is 1.62. The average molecular weight is 281 g/mol. The van der Waals surface area contributed by atoms with Gasteiger partial charge in [0, 0.05) is 45.8 Å². The van der Waals surface area contributed by atoms with Gasteiger partial charge in [0.25, 0.3) is 0 Å². The van der Waals surface area contributed by atoms with Crippen LogP contribution in [0.1, 0.15) is 40.5 Å². The van der Waals surface area contributed by atoms with Crippen LogP contribution in [-0.2, 0) is 0 Å². The largest absolute Gasteiger partial charge is 0.316 e. The molecule has 0 aromatic rings. The minimum atomic E-state index is 0.382. The van der Waals surface area contributed by atoms with Gasteiger partial charge in [-0.25, -0.2) is 0 Å². The number of piperazine rings is 1. The minimum absolute atomic E-state index is 0.382. The molecule has 0 unspecified atom stereocenters. The Morgan fingerprint density at radius 3 is 2.20 bits per heavy atom. The van der Waals surface area contributed by atoms with Crippen molar-refractivity contribution in [2.24, 2.45) is 17.3 Å². The lowest BCUT2D eigenvalue weighted by atomic mass is 9.92. The van der Waals surface area contributed by atoms with Crippen LogP contribution in [0.25, 0.3) is 0 Å². The summed E-state index contributed by atoms with van der Waals surface area (Å²) < 4.78 is 0. The highest BCUT2D eigenvalue weighted by Gasteiger charge is 2.28. The summed E-state index contributed by atoms with van der Waals surface area (Å²) in [6.45, 7) is 19.3. The molecule has 1 heterocycles. The Bertz CT molecular complexity index is 276. The van der Waals surface area contributed by atoms with Crippen LogP contribution in [-0.4, -0.2) is 62.2 Å². The van der Waals surface area contributed by atoms with Crippen molar-refractivity contribution in [3.05, 3.63) is 0 Å². The van der Waals surface area contributed by atoms with Gasteiger partial charge in [-0.2, -0.15) is 0 Å². The lowest BCUT2D eigenvalue weighted by Gasteiger charge is -2.39. The molecule has 1 N–H and O–H groups in total. The van der Waals surface area contributed by atoms with Crippen molar-refractivity contribution in [1.82, 2.24) is 15.1 Å². The lowest BCUT2D eigenvalue weighted by Crippen LogP contribution is -2.50. The fourth-order valence-electron chi connectivity index (χ4n) is 3.16. The van der Waals surface area contributed by atoms with Crippen molar-refractivity contribution in [2.75, 3.05) is 52.4 Å². The molecular weight excluding hydrogens is 246 g/mol. The van der Waals surface area contributed by atoms with E-state index in [1.807, 2.05) is 0 Å². The Labute approximate surface area is 126 Å². The number of hydrogen-bond acceptors (Lipinski definition) is 3. The molecule has 1 aliphatic heterocycles. The average Bonchev–Trinajstić information content (AvgIpc) is 3.14. The third kappa shape index (κ3) is 6.11. The molecule has 0 radical (unpaired) electrons. The molecule has 0 amide bonds. The highest BCUT2D eigenvalue weighted by molar-refractivity contribution is 4.83. The third-order valence-corrected chi connectivity index (χ3v) is 4.49. The van der Waals surface area contributed by atoms with Crippen molar-refractivity contribution < 1.29 is 0 Å². The van der Waals surface area contributed by atoms with E-state index in [0.717, 1.165) is 24.9 Å². The van der Waals surface area contributed by atoms with Crippen LogP contribution in [0.4, 0.5) is 0 Å². The van der Waals surface area contributed by atoms with Crippen molar-refractivity contribution >= 4 is 0 Å². The molecule has 3 heteroatoms. The van der Waals surface area contributed by atoms with Crippen LogP contribution in [0.3, 0.4) is 0 Å². The first-order valence-corrected chi connectivity index (χ1v) is 8.60. The maximum absolute atomic E-state index is 3.62. The predicted octanol–water partition coefficient (Wildman–Crippen LogP) is 2.29. The van der Waals surface area contributed by atoms with Crippen LogP contribution >= 0.6 is 0 Å². The topological polar surface area (TPSA) is 18.5 Å². The Hall–Kier alpha value is -0.120. The second kappa shape index (κ2) is 7.24. The van der Waals surface area contributed by atoms with Crippen LogP contribution in [0, 0.1) is 17.3 Å². The van der Waals surface area contributed by atoms with Gasteiger partial charge in [-0.1, -0.05) is 27.7 Å². The monoisotopic (exact) mass is 281 g/mol. The molecule has 0 atom stereocenters. The zero-order valence-corrected chi connectivity index (χ0v) is 14.1. The minimum Gasteiger partial charge on any atom is -0.316 e. The van der Waals surface area contributed by atoms with E-state index in [1.165, 1.54) is 52.1 Å². The van der Waals surface area contributed by atoms with Crippen molar-refractivity contribution in [3.8, 4) is 0 Å². The summed E-state index contributed by atoms with van der Waals surface area (Å²) in [5.41, 5.74) is 0.382. The van der Waals surface area contributed by atoms with Crippen LogP contribution < -0.4 is 5.32 Å². The summed E-state index contributed by atoms with van der Waals surface area (Å²) in [7, 11) is 0. The summed E-state index contributed by atoms with van der Waals surface area (Å²) in [5, 5.41) is 3.62. The third-order valence-electron chi connectivity index (χ3n) is 4.49. The molecule has 0 spiro atoms. The standard InChI is InChI=1S/C17H35N3/c1-15(2)11-18-13-17(3,4)14-20-9-7-19(8-10-20)12-16-5-6-16/h15-16,18H,5-14H2,1-4H3. The molecule has 1 aliphatic carbocycles. The molecule has 118 valence electrons. The summed E-state index contributed by atoms with van der Waals surface area (Å²) in [4.78, 5) is 5.35. The molecule has 1 saturated heterocycles. The zero-order chi connectivity index (χ0) is 14.6. The number of nitrogens with zero attached hydrogens (tertiary/aromatic N) is 2. The molecule has 1 saturated carbocycles. The van der Waals surface area contributed by atoms with Gasteiger partial charge in [-0.15, -0.1) is 0 Å². The zero-order valence-electron chi connectivity index (χ0n) is 14.1. The van der Waals surface area contributed by atoms with Crippen molar-refractivity contribution in [3.63, 3.8) is 0 Å². The molecule has 2 fully saturated rings. The first kappa shape index (κ1) is 16.3. The quantitative estimate of drug-likeness (QED) is 0.736. The lowest BCUT2D eigenvalue weighted by molar-refractivity contribution is 0.0936. The van der Waals surface area contributed by atoms with Gasteiger partial charge in [0.15, 0.2) is 0 Å². The van der Waals surface area contributed by atoms with E-state index in [9.17, 15) is 0 Å². The SMILES string of the molecule is CC(C)CNCC(C)(C)CN1CCN(CC2CC2)CC1. The predicted molar refractivity (Wildman–Crippen MR) is 87.1 cm³/mol. The molecular formula is C17H35N3. The van der Waals surface area contributed by atoms with Gasteiger partial charge in [-0.3, -0.25) is 0 Å². The van der Waals surface area contributed by atoms with Crippen LogP contribution in [0.2, 0.25) is 0 Å². The Kier molecular flexibility index (Phi) is 5.88. The van der Waals surface area contributed by atoms with E-state index in [4.69, 9.17) is 0 Å². The van der Waals surface area contributed by atoms with Crippen molar-refractivity contribution in [2.45, 2.75) is 40.5 Å². The van der Waals surface area contributed by atoms with Gasteiger partial charge >= 0.3 is 0 Å². The van der Waals surface area contributed by atoms with Gasteiger partial charge < -0.3 is 15.1 Å². The molecule has 0 aromatic heterocycles.